The normalized spacial score (nSPS) is 14.8. The van der Waals surface area contributed by atoms with Gasteiger partial charge in [-0.25, -0.2) is 4.98 Å². The van der Waals surface area contributed by atoms with Crippen LogP contribution in [0.3, 0.4) is 0 Å². The second-order valence-electron chi connectivity index (χ2n) is 8.28. The number of rotatable bonds is 6. The summed E-state index contributed by atoms with van der Waals surface area (Å²) in [5, 5.41) is 1.12. The van der Waals surface area contributed by atoms with E-state index in [2.05, 4.69) is 47.4 Å². The first-order valence-corrected chi connectivity index (χ1v) is 11.1. The number of hydrogen-bond donors (Lipinski definition) is 0. The van der Waals surface area contributed by atoms with Crippen LogP contribution >= 0.6 is 0 Å². The molecule has 0 unspecified atom stereocenters. The number of nitrogens with zero attached hydrogens (tertiary/aromatic N) is 2. The smallest absolute Gasteiger partial charge is 0.309 e. The van der Waals surface area contributed by atoms with Crippen LogP contribution in [-0.4, -0.2) is 36.8 Å². The number of ether oxygens (including phenoxy) is 2. The summed E-state index contributed by atoms with van der Waals surface area (Å²) in [6, 6.07) is 18.8. The fourth-order valence-electron chi connectivity index (χ4n) is 4.07. The monoisotopic (exact) mass is 418 g/mol. The molecule has 1 aliphatic rings. The molecule has 4 rings (SSSR count). The fraction of sp³-hybridized carbons (Fsp3) is 0.385. The van der Waals surface area contributed by atoms with Crippen LogP contribution in [0.15, 0.2) is 54.6 Å². The summed E-state index contributed by atoms with van der Waals surface area (Å²) in [5.41, 5.74) is 3.30. The van der Waals surface area contributed by atoms with Gasteiger partial charge in [0.15, 0.2) is 0 Å². The number of fused-ring (bicyclic) bond motifs is 1. The van der Waals surface area contributed by atoms with Gasteiger partial charge in [-0.3, -0.25) is 4.79 Å². The summed E-state index contributed by atoms with van der Waals surface area (Å²) in [6.45, 7) is 8.01. The van der Waals surface area contributed by atoms with E-state index in [-0.39, 0.29) is 18.0 Å². The van der Waals surface area contributed by atoms with Gasteiger partial charge in [-0.1, -0.05) is 18.2 Å². The van der Waals surface area contributed by atoms with Gasteiger partial charge in [0, 0.05) is 18.5 Å². The van der Waals surface area contributed by atoms with Gasteiger partial charge >= 0.3 is 5.97 Å². The van der Waals surface area contributed by atoms with E-state index in [9.17, 15) is 4.79 Å². The predicted molar refractivity (Wildman–Crippen MR) is 125 cm³/mol. The first kappa shape index (κ1) is 21.2. The molecule has 3 aromatic rings. The van der Waals surface area contributed by atoms with Crippen molar-refractivity contribution in [3.8, 4) is 16.9 Å². The quantitative estimate of drug-likeness (QED) is 0.497. The molecule has 1 aromatic heterocycles. The Morgan fingerprint density at radius 3 is 2.42 bits per heavy atom. The van der Waals surface area contributed by atoms with Crippen molar-refractivity contribution in [3.63, 3.8) is 0 Å². The molecule has 0 atom stereocenters. The Kier molecular flexibility index (Phi) is 6.40. The van der Waals surface area contributed by atoms with E-state index < -0.39 is 0 Å². The zero-order chi connectivity index (χ0) is 21.8. The SMILES string of the molecule is CCOC(=O)C1CCN(c2ccc3cc(-c4ccc(OC(C)C)cc4)ccc3n2)CC1. The summed E-state index contributed by atoms with van der Waals surface area (Å²) in [6.07, 6.45) is 1.80. The highest BCUT2D eigenvalue weighted by Crippen LogP contribution is 2.28. The molecule has 2 aromatic carbocycles. The molecule has 0 saturated carbocycles. The van der Waals surface area contributed by atoms with Crippen LogP contribution in [0.1, 0.15) is 33.6 Å². The number of piperidine rings is 1. The van der Waals surface area contributed by atoms with Crippen LogP contribution < -0.4 is 9.64 Å². The minimum Gasteiger partial charge on any atom is -0.491 e. The molecule has 5 heteroatoms. The molecule has 162 valence electrons. The highest BCUT2D eigenvalue weighted by atomic mass is 16.5. The van der Waals surface area contributed by atoms with Crippen molar-refractivity contribution in [2.24, 2.45) is 5.92 Å². The molecule has 1 saturated heterocycles. The maximum absolute atomic E-state index is 12.0. The number of carbonyl (C=O) groups excluding carboxylic acids is 1. The van der Waals surface area contributed by atoms with Gasteiger partial charge in [-0.2, -0.15) is 0 Å². The van der Waals surface area contributed by atoms with Crippen LogP contribution in [0.5, 0.6) is 5.75 Å². The van der Waals surface area contributed by atoms with Crippen molar-refractivity contribution < 1.29 is 14.3 Å². The lowest BCUT2D eigenvalue weighted by molar-refractivity contribution is -0.148. The number of anilines is 1. The largest absolute Gasteiger partial charge is 0.491 e. The first-order valence-electron chi connectivity index (χ1n) is 11.1. The molecule has 0 bridgehead atoms. The molecule has 1 fully saturated rings. The highest BCUT2D eigenvalue weighted by Gasteiger charge is 2.26. The number of pyridine rings is 1. The first-order chi connectivity index (χ1) is 15.0. The molecule has 5 nitrogen and oxygen atoms in total. The minimum atomic E-state index is -0.0649. The molecule has 0 spiro atoms. The molecular formula is C26H30N2O3. The van der Waals surface area contributed by atoms with Crippen LogP contribution in [0.4, 0.5) is 5.82 Å². The maximum atomic E-state index is 12.0. The van der Waals surface area contributed by atoms with Crippen LogP contribution in [-0.2, 0) is 9.53 Å². The summed E-state index contributed by atoms with van der Waals surface area (Å²) >= 11 is 0. The zero-order valence-corrected chi connectivity index (χ0v) is 18.5. The Labute approximate surface area is 184 Å². The van der Waals surface area contributed by atoms with E-state index in [1.165, 1.54) is 0 Å². The molecule has 0 aliphatic carbocycles. The molecule has 2 heterocycles. The number of hydrogen-bond acceptors (Lipinski definition) is 5. The van der Waals surface area contributed by atoms with Crippen molar-refractivity contribution in [1.82, 2.24) is 4.98 Å². The average Bonchev–Trinajstić information content (AvgIpc) is 2.79. The molecule has 0 radical (unpaired) electrons. The minimum absolute atomic E-state index is 0.0107. The lowest BCUT2D eigenvalue weighted by Gasteiger charge is -2.31. The van der Waals surface area contributed by atoms with Gasteiger partial charge in [0.2, 0.25) is 0 Å². The molecular weight excluding hydrogens is 388 g/mol. The number of benzene rings is 2. The van der Waals surface area contributed by atoms with Crippen molar-refractivity contribution >= 4 is 22.7 Å². The van der Waals surface area contributed by atoms with Crippen LogP contribution in [0.25, 0.3) is 22.0 Å². The van der Waals surface area contributed by atoms with Gasteiger partial charge in [0.25, 0.3) is 0 Å². The predicted octanol–water partition coefficient (Wildman–Crippen LogP) is 5.47. The Morgan fingerprint density at radius 1 is 1.03 bits per heavy atom. The van der Waals surface area contributed by atoms with Gasteiger partial charge < -0.3 is 14.4 Å². The molecule has 31 heavy (non-hydrogen) atoms. The lowest BCUT2D eigenvalue weighted by Crippen LogP contribution is -2.37. The summed E-state index contributed by atoms with van der Waals surface area (Å²) < 4.78 is 10.9. The Bertz CT molecular complexity index is 1040. The third kappa shape index (κ3) is 4.98. The molecule has 0 N–H and O–H groups in total. The molecule has 1 aliphatic heterocycles. The second-order valence-corrected chi connectivity index (χ2v) is 8.28. The summed E-state index contributed by atoms with van der Waals surface area (Å²) in [7, 11) is 0. The van der Waals surface area contributed by atoms with E-state index in [4.69, 9.17) is 14.5 Å². The van der Waals surface area contributed by atoms with Crippen LogP contribution in [0.2, 0.25) is 0 Å². The third-order valence-corrected chi connectivity index (χ3v) is 5.67. The number of carbonyl (C=O) groups is 1. The van der Waals surface area contributed by atoms with Crippen molar-refractivity contribution in [2.75, 3.05) is 24.6 Å². The van der Waals surface area contributed by atoms with Gasteiger partial charge in [-0.15, -0.1) is 0 Å². The van der Waals surface area contributed by atoms with Gasteiger partial charge in [0.1, 0.15) is 11.6 Å². The van der Waals surface area contributed by atoms with E-state index in [0.717, 1.165) is 59.5 Å². The Morgan fingerprint density at radius 2 is 1.74 bits per heavy atom. The zero-order valence-electron chi connectivity index (χ0n) is 18.5. The van der Waals surface area contributed by atoms with Crippen LogP contribution in [0, 0.1) is 5.92 Å². The maximum Gasteiger partial charge on any atom is 0.309 e. The van der Waals surface area contributed by atoms with Gasteiger partial charge in [-0.05, 0) is 81.1 Å². The van der Waals surface area contributed by atoms with Crippen molar-refractivity contribution in [1.29, 1.82) is 0 Å². The summed E-state index contributed by atoms with van der Waals surface area (Å²) in [4.78, 5) is 19.1. The average molecular weight is 419 g/mol. The van der Waals surface area contributed by atoms with E-state index in [0.29, 0.717) is 6.61 Å². The summed E-state index contributed by atoms with van der Waals surface area (Å²) in [5.74, 6) is 1.80. The highest BCUT2D eigenvalue weighted by molar-refractivity contribution is 5.85. The third-order valence-electron chi connectivity index (χ3n) is 5.67. The van der Waals surface area contributed by atoms with Gasteiger partial charge in [0.05, 0.1) is 24.1 Å². The Balaban J connectivity index is 1.47. The van der Waals surface area contributed by atoms with Crippen molar-refractivity contribution in [2.45, 2.75) is 39.7 Å². The van der Waals surface area contributed by atoms with Crippen molar-refractivity contribution in [3.05, 3.63) is 54.6 Å². The number of aromatic nitrogens is 1. The molecule has 0 amide bonds. The van der Waals surface area contributed by atoms with E-state index in [1.54, 1.807) is 0 Å². The lowest BCUT2D eigenvalue weighted by atomic mass is 9.97. The number of esters is 1. The second kappa shape index (κ2) is 9.38. The topological polar surface area (TPSA) is 51.7 Å². The fourth-order valence-corrected chi connectivity index (χ4v) is 4.07. The Hall–Kier alpha value is -3.08. The van der Waals surface area contributed by atoms with E-state index >= 15 is 0 Å². The van der Waals surface area contributed by atoms with E-state index in [1.807, 2.05) is 32.9 Å². The standard InChI is InChI=1S/C26H30N2O3/c1-4-30-26(29)20-13-15-28(16-14-20)25-12-8-22-17-21(7-11-24(22)27-25)19-5-9-23(10-6-19)31-18(2)3/h5-12,17-18,20H,4,13-16H2,1-3H3.